The summed E-state index contributed by atoms with van der Waals surface area (Å²) in [5, 5.41) is 9.36. The Hall–Kier alpha value is -1.59. The van der Waals surface area contributed by atoms with Crippen LogP contribution in [0.1, 0.15) is 10.4 Å². The van der Waals surface area contributed by atoms with Gasteiger partial charge in [0, 0.05) is 14.8 Å². The molecule has 2 aromatic rings. The van der Waals surface area contributed by atoms with E-state index in [4.69, 9.17) is 16.7 Å². The number of rotatable bonds is 3. The minimum Gasteiger partial charge on any atom is -0.478 e. The molecule has 0 aromatic heterocycles. The molecule has 0 heterocycles. The van der Waals surface area contributed by atoms with Crippen LogP contribution in [0.5, 0.6) is 0 Å². The van der Waals surface area contributed by atoms with Crippen molar-refractivity contribution in [1.29, 1.82) is 0 Å². The van der Waals surface area contributed by atoms with Crippen LogP contribution < -0.4 is 0 Å². The zero-order chi connectivity index (χ0) is 14.0. The Morgan fingerprint density at radius 1 is 1.11 bits per heavy atom. The Labute approximate surface area is 117 Å². The second kappa shape index (κ2) is 5.59. The minimum atomic E-state index is -1.13. The van der Waals surface area contributed by atoms with E-state index in [-0.39, 0.29) is 5.56 Å². The van der Waals surface area contributed by atoms with Crippen LogP contribution in [0.2, 0.25) is 5.02 Å². The van der Waals surface area contributed by atoms with Gasteiger partial charge in [-0.2, -0.15) is 0 Å². The molecule has 0 radical (unpaired) electrons. The van der Waals surface area contributed by atoms with E-state index < -0.39 is 17.6 Å². The van der Waals surface area contributed by atoms with Gasteiger partial charge in [-0.1, -0.05) is 23.4 Å². The first kappa shape index (κ1) is 13.8. The number of carboxylic acid groups (broad SMARTS) is 1. The second-order valence-electron chi connectivity index (χ2n) is 3.62. The van der Waals surface area contributed by atoms with Crippen molar-refractivity contribution in [2.75, 3.05) is 0 Å². The molecule has 2 rings (SSSR count). The molecule has 0 unspecified atom stereocenters. The van der Waals surface area contributed by atoms with E-state index in [1.54, 1.807) is 0 Å². The average molecular weight is 301 g/mol. The molecule has 0 aliphatic carbocycles. The van der Waals surface area contributed by atoms with Crippen molar-refractivity contribution in [3.05, 3.63) is 58.6 Å². The fourth-order valence-corrected chi connectivity index (χ4v) is 2.54. The lowest BCUT2D eigenvalue weighted by molar-refractivity contribution is 0.0693. The van der Waals surface area contributed by atoms with E-state index in [0.717, 1.165) is 23.9 Å². The second-order valence-corrected chi connectivity index (χ2v) is 5.18. The monoisotopic (exact) mass is 300 g/mol. The molecule has 0 saturated carbocycles. The lowest BCUT2D eigenvalue weighted by Gasteiger charge is -2.06. The van der Waals surface area contributed by atoms with Gasteiger partial charge in [0.05, 0.1) is 5.56 Å². The molecule has 0 aliphatic heterocycles. The van der Waals surface area contributed by atoms with E-state index in [1.165, 1.54) is 24.3 Å². The number of halogens is 3. The quantitative estimate of drug-likeness (QED) is 0.909. The molecule has 98 valence electrons. The van der Waals surface area contributed by atoms with Gasteiger partial charge in [-0.15, -0.1) is 0 Å². The summed E-state index contributed by atoms with van der Waals surface area (Å²) in [4.78, 5) is 11.9. The topological polar surface area (TPSA) is 37.3 Å². The highest BCUT2D eigenvalue weighted by molar-refractivity contribution is 7.99. The Bertz CT molecular complexity index is 647. The van der Waals surface area contributed by atoms with Gasteiger partial charge in [-0.3, -0.25) is 0 Å². The highest BCUT2D eigenvalue weighted by Gasteiger charge is 2.13. The lowest BCUT2D eigenvalue weighted by atomic mass is 10.2. The van der Waals surface area contributed by atoms with Crippen LogP contribution in [0, 0.1) is 11.6 Å². The van der Waals surface area contributed by atoms with Crippen molar-refractivity contribution >= 4 is 29.3 Å². The maximum absolute atomic E-state index is 13.1. The molecule has 0 amide bonds. The van der Waals surface area contributed by atoms with Gasteiger partial charge in [0.1, 0.15) is 0 Å². The van der Waals surface area contributed by atoms with Crippen LogP contribution in [0.15, 0.2) is 46.2 Å². The van der Waals surface area contributed by atoms with Crippen molar-refractivity contribution in [1.82, 2.24) is 0 Å². The Morgan fingerprint density at radius 3 is 2.47 bits per heavy atom. The molecule has 0 spiro atoms. The summed E-state index contributed by atoms with van der Waals surface area (Å²) in [5.74, 6) is -3.05. The Morgan fingerprint density at radius 2 is 1.84 bits per heavy atom. The van der Waals surface area contributed by atoms with E-state index in [0.29, 0.717) is 14.8 Å². The van der Waals surface area contributed by atoms with Gasteiger partial charge >= 0.3 is 5.97 Å². The van der Waals surface area contributed by atoms with Crippen LogP contribution in [0.3, 0.4) is 0 Å². The van der Waals surface area contributed by atoms with Crippen molar-refractivity contribution < 1.29 is 18.7 Å². The number of carbonyl (C=O) groups is 1. The third kappa shape index (κ3) is 3.24. The first-order valence-corrected chi connectivity index (χ1v) is 6.32. The maximum Gasteiger partial charge on any atom is 0.336 e. The summed E-state index contributed by atoms with van der Waals surface area (Å²) in [6.45, 7) is 0. The van der Waals surface area contributed by atoms with Gasteiger partial charge in [-0.05, 0) is 36.4 Å². The number of aromatic carboxylic acids is 1. The van der Waals surface area contributed by atoms with E-state index in [2.05, 4.69) is 0 Å². The van der Waals surface area contributed by atoms with Crippen molar-refractivity contribution in [2.45, 2.75) is 9.79 Å². The molecule has 0 fully saturated rings. The largest absolute Gasteiger partial charge is 0.478 e. The molecule has 0 saturated heterocycles. The van der Waals surface area contributed by atoms with Gasteiger partial charge in [0.2, 0.25) is 0 Å². The predicted octanol–water partition coefficient (Wildman–Crippen LogP) is 4.47. The SMILES string of the molecule is O=C(O)c1cc(Cl)ccc1Sc1ccc(F)c(F)c1. The molecule has 0 atom stereocenters. The summed E-state index contributed by atoms with van der Waals surface area (Å²) < 4.78 is 25.9. The highest BCUT2D eigenvalue weighted by atomic mass is 35.5. The van der Waals surface area contributed by atoms with Crippen LogP contribution in [-0.4, -0.2) is 11.1 Å². The normalized spacial score (nSPS) is 10.5. The summed E-state index contributed by atoms with van der Waals surface area (Å²) in [5.41, 5.74) is 0.0160. The van der Waals surface area contributed by atoms with Crippen LogP contribution >= 0.6 is 23.4 Å². The van der Waals surface area contributed by atoms with Gasteiger partial charge in [0.15, 0.2) is 11.6 Å². The fraction of sp³-hybridized carbons (Fsp3) is 0. The molecule has 1 N–H and O–H groups in total. The number of hydrogen-bond acceptors (Lipinski definition) is 2. The predicted molar refractivity (Wildman–Crippen MR) is 68.9 cm³/mol. The van der Waals surface area contributed by atoms with Gasteiger partial charge in [-0.25, -0.2) is 13.6 Å². The summed E-state index contributed by atoms with van der Waals surface area (Å²) >= 11 is 6.76. The fourth-order valence-electron chi connectivity index (χ4n) is 1.43. The smallest absolute Gasteiger partial charge is 0.336 e. The van der Waals surface area contributed by atoms with Crippen molar-refractivity contribution in [2.24, 2.45) is 0 Å². The molecular formula is C13H7ClF2O2S. The molecule has 0 bridgehead atoms. The minimum absolute atomic E-state index is 0.0160. The number of carboxylic acids is 1. The third-order valence-electron chi connectivity index (χ3n) is 2.29. The van der Waals surface area contributed by atoms with E-state index in [1.807, 2.05) is 0 Å². The zero-order valence-corrected chi connectivity index (χ0v) is 10.9. The van der Waals surface area contributed by atoms with Gasteiger partial charge in [0.25, 0.3) is 0 Å². The Kier molecular flexibility index (Phi) is 4.07. The zero-order valence-electron chi connectivity index (χ0n) is 9.36. The van der Waals surface area contributed by atoms with Gasteiger partial charge < -0.3 is 5.11 Å². The third-order valence-corrected chi connectivity index (χ3v) is 3.59. The first-order valence-electron chi connectivity index (χ1n) is 5.13. The number of hydrogen-bond donors (Lipinski definition) is 1. The van der Waals surface area contributed by atoms with Crippen LogP contribution in [0.4, 0.5) is 8.78 Å². The molecular weight excluding hydrogens is 294 g/mol. The summed E-state index contributed by atoms with van der Waals surface area (Å²) in [7, 11) is 0. The van der Waals surface area contributed by atoms with Crippen LogP contribution in [-0.2, 0) is 0 Å². The van der Waals surface area contributed by atoms with Crippen molar-refractivity contribution in [3.63, 3.8) is 0 Å². The summed E-state index contributed by atoms with van der Waals surface area (Å²) in [6, 6.07) is 7.76. The first-order chi connectivity index (χ1) is 8.97. The average Bonchev–Trinajstić information content (AvgIpc) is 2.36. The lowest BCUT2D eigenvalue weighted by Crippen LogP contribution is -1.98. The molecule has 2 aromatic carbocycles. The molecule has 6 heteroatoms. The maximum atomic E-state index is 13.1. The standard InChI is InChI=1S/C13H7ClF2O2S/c14-7-1-4-12(9(5-7)13(17)18)19-8-2-3-10(15)11(16)6-8/h1-6H,(H,17,18). The highest BCUT2D eigenvalue weighted by Crippen LogP contribution is 2.32. The molecule has 0 aliphatic rings. The van der Waals surface area contributed by atoms with E-state index in [9.17, 15) is 13.6 Å². The van der Waals surface area contributed by atoms with Crippen LogP contribution in [0.25, 0.3) is 0 Å². The van der Waals surface area contributed by atoms with Crippen molar-refractivity contribution in [3.8, 4) is 0 Å². The summed E-state index contributed by atoms with van der Waals surface area (Å²) in [6.07, 6.45) is 0. The van der Waals surface area contributed by atoms with E-state index >= 15 is 0 Å². The number of benzene rings is 2. The molecule has 19 heavy (non-hydrogen) atoms. The molecule has 2 nitrogen and oxygen atoms in total. The Balaban J connectivity index is 2.37.